The second-order valence-corrected chi connectivity index (χ2v) is 5.93. The van der Waals surface area contributed by atoms with Crippen LogP contribution >= 0.6 is 23.1 Å². The molecule has 0 radical (unpaired) electrons. The summed E-state index contributed by atoms with van der Waals surface area (Å²) >= 11 is 3.36. The summed E-state index contributed by atoms with van der Waals surface area (Å²) in [6, 6.07) is 4.40. The predicted molar refractivity (Wildman–Crippen MR) is 72.3 cm³/mol. The van der Waals surface area contributed by atoms with Gasteiger partial charge in [0, 0.05) is 16.0 Å². The van der Waals surface area contributed by atoms with Crippen LogP contribution in [0.3, 0.4) is 0 Å². The topological polar surface area (TPSA) is 49.6 Å². The lowest BCUT2D eigenvalue weighted by Crippen LogP contribution is -1.94. The normalized spacial score (nSPS) is 12.5. The molecule has 0 aliphatic heterocycles. The van der Waals surface area contributed by atoms with Gasteiger partial charge in [-0.25, -0.2) is 9.97 Å². The first kappa shape index (κ1) is 12.3. The second-order valence-electron chi connectivity index (χ2n) is 3.81. The highest BCUT2D eigenvalue weighted by atomic mass is 32.2. The van der Waals surface area contributed by atoms with Crippen LogP contribution in [0.15, 0.2) is 17.4 Å². The molecule has 0 N–H and O–H groups in total. The van der Waals surface area contributed by atoms with E-state index in [4.69, 9.17) is 5.26 Å². The van der Waals surface area contributed by atoms with E-state index in [9.17, 15) is 0 Å². The molecule has 0 aliphatic carbocycles. The highest BCUT2D eigenvalue weighted by molar-refractivity contribution is 7.99. The Labute approximate surface area is 109 Å². The maximum atomic E-state index is 8.77. The predicted octanol–water partition coefficient (Wildman–Crippen LogP) is 3.51. The zero-order valence-electron chi connectivity index (χ0n) is 9.80. The van der Waals surface area contributed by atoms with Crippen molar-refractivity contribution in [3.63, 3.8) is 0 Å². The molecule has 2 aromatic heterocycles. The van der Waals surface area contributed by atoms with Gasteiger partial charge in [-0.1, -0.05) is 6.92 Å². The highest BCUT2D eigenvalue weighted by Gasteiger charge is 2.09. The van der Waals surface area contributed by atoms with E-state index in [0.717, 1.165) is 27.4 Å². The van der Waals surface area contributed by atoms with Gasteiger partial charge in [0.15, 0.2) is 0 Å². The van der Waals surface area contributed by atoms with Crippen LogP contribution in [0.2, 0.25) is 0 Å². The molecule has 0 aromatic carbocycles. The van der Waals surface area contributed by atoms with Gasteiger partial charge in [0.1, 0.15) is 16.2 Å². The number of thiophene rings is 1. The molecule has 2 rings (SSSR count). The van der Waals surface area contributed by atoms with Gasteiger partial charge in [0.25, 0.3) is 0 Å². The van der Waals surface area contributed by atoms with Crippen molar-refractivity contribution in [3.8, 4) is 6.07 Å². The fourth-order valence-corrected chi connectivity index (χ4v) is 3.33. The lowest BCUT2D eigenvalue weighted by Gasteiger charge is -2.02. The fourth-order valence-electron chi connectivity index (χ4n) is 1.41. The lowest BCUT2D eigenvalue weighted by atomic mass is 10.3. The van der Waals surface area contributed by atoms with Crippen molar-refractivity contribution in [2.45, 2.75) is 25.3 Å². The summed E-state index contributed by atoms with van der Waals surface area (Å²) in [5, 5.41) is 10.9. The Morgan fingerprint density at radius 3 is 3.06 bits per heavy atom. The summed E-state index contributed by atoms with van der Waals surface area (Å²) in [6.07, 6.45) is 2.64. The van der Waals surface area contributed by atoms with Gasteiger partial charge in [0.05, 0.1) is 12.0 Å². The first-order valence-corrected chi connectivity index (χ1v) is 7.30. The number of aromatic nitrogens is 2. The molecule has 2 aromatic rings. The largest absolute Gasteiger partial charge is 0.229 e. The van der Waals surface area contributed by atoms with Gasteiger partial charge in [-0.05, 0) is 19.4 Å². The second kappa shape index (κ2) is 5.48. The fraction of sp³-hybridized carbons (Fsp3) is 0.417. The molecule has 2 heterocycles. The van der Waals surface area contributed by atoms with Gasteiger partial charge in [-0.2, -0.15) is 5.26 Å². The summed E-state index contributed by atoms with van der Waals surface area (Å²) in [7, 11) is 0. The van der Waals surface area contributed by atoms with E-state index in [0.29, 0.717) is 0 Å². The minimum Gasteiger partial charge on any atom is -0.229 e. The molecule has 0 saturated carbocycles. The van der Waals surface area contributed by atoms with Gasteiger partial charge in [0.2, 0.25) is 0 Å². The van der Waals surface area contributed by atoms with Crippen LogP contribution in [0.5, 0.6) is 0 Å². The number of hydrogen-bond donors (Lipinski definition) is 0. The molecule has 0 spiro atoms. The number of hydrogen-bond acceptors (Lipinski definition) is 5. The van der Waals surface area contributed by atoms with Crippen molar-refractivity contribution in [3.05, 3.63) is 17.3 Å². The van der Waals surface area contributed by atoms with E-state index in [1.807, 2.05) is 6.92 Å². The number of aryl methyl sites for hydroxylation is 1. The van der Waals surface area contributed by atoms with E-state index in [-0.39, 0.29) is 5.92 Å². The van der Waals surface area contributed by atoms with Crippen LogP contribution in [0.4, 0.5) is 0 Å². The zero-order chi connectivity index (χ0) is 12.3. The van der Waals surface area contributed by atoms with Crippen molar-refractivity contribution in [1.29, 1.82) is 5.26 Å². The molecule has 1 atom stereocenters. The van der Waals surface area contributed by atoms with Crippen LogP contribution in [0, 0.1) is 17.2 Å². The Bertz CT molecular complexity index is 556. The third kappa shape index (κ3) is 2.76. The summed E-state index contributed by atoms with van der Waals surface area (Å²) in [5.74, 6) is 0.828. The molecule has 0 aliphatic rings. The third-order valence-corrected chi connectivity index (χ3v) is 4.84. The zero-order valence-corrected chi connectivity index (χ0v) is 11.4. The SMILES string of the molecule is CCc1cc2c(SCC(C)C#N)ncnc2s1. The van der Waals surface area contributed by atoms with E-state index in [2.05, 4.69) is 29.0 Å². The molecule has 0 fully saturated rings. The van der Waals surface area contributed by atoms with Crippen LogP contribution in [-0.2, 0) is 6.42 Å². The van der Waals surface area contributed by atoms with E-state index in [1.165, 1.54) is 4.88 Å². The molecule has 5 heteroatoms. The minimum atomic E-state index is 0.0503. The Balaban J connectivity index is 2.28. The van der Waals surface area contributed by atoms with Crippen LogP contribution < -0.4 is 0 Å². The highest BCUT2D eigenvalue weighted by Crippen LogP contribution is 2.31. The van der Waals surface area contributed by atoms with Crippen molar-refractivity contribution < 1.29 is 0 Å². The van der Waals surface area contributed by atoms with Crippen LogP contribution in [-0.4, -0.2) is 15.7 Å². The minimum absolute atomic E-state index is 0.0503. The van der Waals surface area contributed by atoms with Gasteiger partial charge >= 0.3 is 0 Å². The molecular weight excluding hydrogens is 250 g/mol. The van der Waals surface area contributed by atoms with Gasteiger partial charge in [-0.3, -0.25) is 0 Å². The molecule has 0 amide bonds. The average Bonchev–Trinajstić information content (AvgIpc) is 2.79. The summed E-state index contributed by atoms with van der Waals surface area (Å²) in [4.78, 5) is 11.0. The monoisotopic (exact) mass is 263 g/mol. The van der Waals surface area contributed by atoms with Crippen LogP contribution in [0.25, 0.3) is 10.2 Å². The lowest BCUT2D eigenvalue weighted by molar-refractivity contribution is 0.862. The molecule has 1 unspecified atom stereocenters. The Kier molecular flexibility index (Phi) is 3.97. The average molecular weight is 263 g/mol. The first-order chi connectivity index (χ1) is 8.24. The van der Waals surface area contributed by atoms with Crippen molar-refractivity contribution in [2.75, 3.05) is 5.75 Å². The Hall–Kier alpha value is -1.12. The molecule has 3 nitrogen and oxygen atoms in total. The summed E-state index contributed by atoms with van der Waals surface area (Å²) in [6.45, 7) is 4.07. The van der Waals surface area contributed by atoms with Crippen molar-refractivity contribution >= 4 is 33.3 Å². The number of rotatable bonds is 4. The molecular formula is C12H13N3S2. The van der Waals surface area contributed by atoms with E-state index < -0.39 is 0 Å². The summed E-state index contributed by atoms with van der Waals surface area (Å²) < 4.78 is 0. The molecule has 88 valence electrons. The quantitative estimate of drug-likeness (QED) is 0.625. The van der Waals surface area contributed by atoms with Crippen LogP contribution in [0.1, 0.15) is 18.7 Å². The molecule has 17 heavy (non-hydrogen) atoms. The number of nitrogens with zero attached hydrogens (tertiary/aromatic N) is 3. The van der Waals surface area contributed by atoms with Gasteiger partial charge < -0.3 is 0 Å². The van der Waals surface area contributed by atoms with Crippen molar-refractivity contribution in [2.24, 2.45) is 5.92 Å². The number of thioether (sulfide) groups is 1. The number of fused-ring (bicyclic) bond motifs is 1. The smallest absolute Gasteiger partial charge is 0.128 e. The van der Waals surface area contributed by atoms with E-state index in [1.54, 1.807) is 29.4 Å². The molecule has 0 bridgehead atoms. The Morgan fingerprint density at radius 2 is 2.35 bits per heavy atom. The number of nitriles is 1. The van der Waals surface area contributed by atoms with Crippen molar-refractivity contribution in [1.82, 2.24) is 9.97 Å². The maximum Gasteiger partial charge on any atom is 0.128 e. The summed E-state index contributed by atoms with van der Waals surface area (Å²) in [5.41, 5.74) is 0. The third-order valence-electron chi connectivity index (χ3n) is 2.38. The molecule has 0 saturated heterocycles. The van der Waals surface area contributed by atoms with E-state index >= 15 is 0 Å². The first-order valence-electron chi connectivity index (χ1n) is 5.50. The van der Waals surface area contributed by atoms with Gasteiger partial charge in [-0.15, -0.1) is 23.1 Å². The Morgan fingerprint density at radius 1 is 1.53 bits per heavy atom. The standard InChI is InChI=1S/C12H13N3S2/c1-3-9-4-10-11(16-6-8(2)5-13)14-7-15-12(10)17-9/h4,7-8H,3,6H2,1-2H3. The maximum absolute atomic E-state index is 8.77.